The number of benzene rings is 2. The van der Waals surface area contributed by atoms with Crippen molar-refractivity contribution in [2.45, 2.75) is 26.9 Å². The summed E-state index contributed by atoms with van der Waals surface area (Å²) in [4.78, 5) is 24.7. The molecule has 3 aromatic rings. The van der Waals surface area contributed by atoms with Crippen LogP contribution in [-0.2, 0) is 4.79 Å². The lowest BCUT2D eigenvalue weighted by Gasteiger charge is -2.17. The number of aryl methyl sites for hydroxylation is 1. The van der Waals surface area contributed by atoms with Crippen LogP contribution in [0.5, 0.6) is 5.75 Å². The number of fused-ring (bicyclic) bond motifs is 1. The molecule has 0 bridgehead atoms. The first kappa shape index (κ1) is 18.8. The van der Waals surface area contributed by atoms with Crippen molar-refractivity contribution < 1.29 is 18.7 Å². The quantitative estimate of drug-likeness (QED) is 0.669. The van der Waals surface area contributed by atoms with E-state index in [0.29, 0.717) is 20.7 Å². The number of hydrogen-bond acceptors (Lipinski definition) is 4. The molecular formula is C20H19FN2O3S. The molecule has 3 rings (SSSR count). The fourth-order valence-electron chi connectivity index (χ4n) is 2.51. The van der Waals surface area contributed by atoms with Gasteiger partial charge >= 0.3 is 0 Å². The number of carbonyl (C=O) groups is 2. The molecule has 2 N–H and O–H groups in total. The number of carbonyl (C=O) groups excluding carboxylic acids is 2. The van der Waals surface area contributed by atoms with E-state index < -0.39 is 17.9 Å². The molecule has 2 amide bonds. The average Bonchev–Trinajstić information content (AvgIpc) is 3.09. The zero-order chi connectivity index (χ0) is 19.6. The van der Waals surface area contributed by atoms with Crippen LogP contribution in [0.1, 0.15) is 27.7 Å². The van der Waals surface area contributed by atoms with Gasteiger partial charge in [-0.2, -0.15) is 0 Å². The minimum absolute atomic E-state index is 0.304. The zero-order valence-electron chi connectivity index (χ0n) is 15.1. The SMILES string of the molecule is Cc1cccc(OC(C)C(=O)NNC(=O)c2cc3c(F)cccc3s2)c1C. The van der Waals surface area contributed by atoms with Gasteiger partial charge in [-0.05, 0) is 56.2 Å². The second-order valence-corrected chi connectivity index (χ2v) is 7.25. The minimum atomic E-state index is -0.800. The van der Waals surface area contributed by atoms with Gasteiger partial charge in [-0.1, -0.05) is 18.2 Å². The number of rotatable bonds is 4. The molecule has 27 heavy (non-hydrogen) atoms. The second-order valence-electron chi connectivity index (χ2n) is 6.16. The first-order valence-electron chi connectivity index (χ1n) is 8.38. The molecule has 140 valence electrons. The van der Waals surface area contributed by atoms with Crippen LogP contribution in [-0.4, -0.2) is 17.9 Å². The zero-order valence-corrected chi connectivity index (χ0v) is 15.9. The van der Waals surface area contributed by atoms with Gasteiger partial charge in [-0.15, -0.1) is 11.3 Å². The maximum Gasteiger partial charge on any atom is 0.279 e. The van der Waals surface area contributed by atoms with Crippen molar-refractivity contribution in [3.63, 3.8) is 0 Å². The summed E-state index contributed by atoms with van der Waals surface area (Å²) in [5.41, 5.74) is 6.70. The third-order valence-corrected chi connectivity index (χ3v) is 5.36. The van der Waals surface area contributed by atoms with Crippen LogP contribution in [0.25, 0.3) is 10.1 Å². The van der Waals surface area contributed by atoms with Crippen LogP contribution in [0.4, 0.5) is 4.39 Å². The van der Waals surface area contributed by atoms with E-state index >= 15 is 0 Å². The van der Waals surface area contributed by atoms with Gasteiger partial charge in [-0.3, -0.25) is 20.4 Å². The Hall–Kier alpha value is -2.93. The van der Waals surface area contributed by atoms with Crippen LogP contribution in [0.15, 0.2) is 42.5 Å². The highest BCUT2D eigenvalue weighted by Gasteiger charge is 2.18. The van der Waals surface area contributed by atoms with Crippen LogP contribution in [0, 0.1) is 19.7 Å². The molecule has 2 aromatic carbocycles. The standard InChI is InChI=1S/C20H19FN2O3S/c1-11-6-4-8-16(12(11)2)26-13(3)19(24)22-23-20(25)18-10-14-15(21)7-5-9-17(14)27-18/h4-10,13H,1-3H3,(H,22,24)(H,23,25). The molecule has 0 saturated carbocycles. The number of thiophene rings is 1. The lowest BCUT2D eigenvalue weighted by Crippen LogP contribution is -2.47. The fraction of sp³-hybridized carbons (Fsp3) is 0.200. The van der Waals surface area contributed by atoms with Crippen LogP contribution in [0.2, 0.25) is 0 Å². The summed E-state index contributed by atoms with van der Waals surface area (Å²) in [7, 11) is 0. The van der Waals surface area contributed by atoms with E-state index in [1.807, 2.05) is 26.0 Å². The van der Waals surface area contributed by atoms with E-state index in [9.17, 15) is 14.0 Å². The number of halogens is 1. The fourth-order valence-corrected chi connectivity index (χ4v) is 3.49. The molecule has 1 atom stereocenters. The molecule has 0 aliphatic carbocycles. The normalized spacial score (nSPS) is 11.9. The van der Waals surface area contributed by atoms with Gasteiger partial charge < -0.3 is 4.74 Å². The largest absolute Gasteiger partial charge is 0.481 e. The summed E-state index contributed by atoms with van der Waals surface area (Å²) in [6.45, 7) is 5.47. The summed E-state index contributed by atoms with van der Waals surface area (Å²) in [5, 5.41) is 0.380. The third kappa shape index (κ3) is 4.09. The summed E-state index contributed by atoms with van der Waals surface area (Å²) < 4.78 is 20.1. The molecule has 7 heteroatoms. The van der Waals surface area contributed by atoms with Gasteiger partial charge in [0.05, 0.1) is 4.88 Å². The Kier molecular flexibility index (Phi) is 5.41. The molecule has 1 unspecified atom stereocenters. The van der Waals surface area contributed by atoms with E-state index in [-0.39, 0.29) is 5.82 Å². The van der Waals surface area contributed by atoms with Crippen LogP contribution < -0.4 is 15.6 Å². The second kappa shape index (κ2) is 7.75. The molecule has 0 fully saturated rings. The molecule has 5 nitrogen and oxygen atoms in total. The summed E-state index contributed by atoms with van der Waals surface area (Å²) in [6.07, 6.45) is -0.800. The Morgan fingerprint density at radius 2 is 1.85 bits per heavy atom. The minimum Gasteiger partial charge on any atom is -0.481 e. The Morgan fingerprint density at radius 1 is 1.11 bits per heavy atom. The lowest BCUT2D eigenvalue weighted by atomic mass is 10.1. The highest BCUT2D eigenvalue weighted by atomic mass is 32.1. The average molecular weight is 386 g/mol. The Morgan fingerprint density at radius 3 is 2.59 bits per heavy atom. The van der Waals surface area contributed by atoms with Crippen molar-refractivity contribution in [1.29, 1.82) is 0 Å². The highest BCUT2D eigenvalue weighted by molar-refractivity contribution is 7.20. The van der Waals surface area contributed by atoms with E-state index in [4.69, 9.17) is 4.74 Å². The maximum absolute atomic E-state index is 13.7. The van der Waals surface area contributed by atoms with Crippen molar-refractivity contribution in [3.8, 4) is 5.75 Å². The van der Waals surface area contributed by atoms with Gasteiger partial charge in [0, 0.05) is 10.1 Å². The van der Waals surface area contributed by atoms with Crippen molar-refractivity contribution >= 4 is 33.2 Å². The third-order valence-electron chi connectivity index (χ3n) is 4.26. The first-order chi connectivity index (χ1) is 12.9. The van der Waals surface area contributed by atoms with Crippen molar-refractivity contribution in [1.82, 2.24) is 10.9 Å². The van der Waals surface area contributed by atoms with E-state index in [1.165, 1.54) is 12.1 Å². The Bertz CT molecular complexity index is 1020. The summed E-state index contributed by atoms with van der Waals surface area (Å²) in [6, 6.07) is 11.7. The van der Waals surface area contributed by atoms with Crippen molar-refractivity contribution in [2.24, 2.45) is 0 Å². The molecule has 1 heterocycles. The molecule has 1 aromatic heterocycles. The van der Waals surface area contributed by atoms with Crippen molar-refractivity contribution in [2.75, 3.05) is 0 Å². The predicted molar refractivity (Wildman–Crippen MR) is 103 cm³/mol. The van der Waals surface area contributed by atoms with Gasteiger partial charge in [0.25, 0.3) is 11.8 Å². The maximum atomic E-state index is 13.7. The lowest BCUT2D eigenvalue weighted by molar-refractivity contribution is -0.128. The Balaban J connectivity index is 1.61. The molecular weight excluding hydrogens is 367 g/mol. The van der Waals surface area contributed by atoms with Crippen LogP contribution in [0.3, 0.4) is 0 Å². The molecule has 0 saturated heterocycles. The monoisotopic (exact) mass is 386 g/mol. The highest BCUT2D eigenvalue weighted by Crippen LogP contribution is 2.27. The number of amides is 2. The van der Waals surface area contributed by atoms with Crippen molar-refractivity contribution in [3.05, 3.63) is 64.3 Å². The van der Waals surface area contributed by atoms with Crippen LogP contribution >= 0.6 is 11.3 Å². The predicted octanol–water partition coefficient (Wildman–Crippen LogP) is 3.89. The molecule has 0 aliphatic rings. The smallest absolute Gasteiger partial charge is 0.279 e. The Labute approximate surface area is 160 Å². The summed E-state index contributed by atoms with van der Waals surface area (Å²) in [5.74, 6) is -0.772. The van der Waals surface area contributed by atoms with Gasteiger partial charge in [0.15, 0.2) is 6.10 Å². The first-order valence-corrected chi connectivity index (χ1v) is 9.19. The molecule has 0 spiro atoms. The van der Waals surface area contributed by atoms with E-state index in [2.05, 4.69) is 10.9 Å². The number of hydrogen-bond donors (Lipinski definition) is 2. The number of ether oxygens (including phenoxy) is 1. The molecule has 0 radical (unpaired) electrons. The van der Waals surface area contributed by atoms with Gasteiger partial charge in [0.2, 0.25) is 0 Å². The number of nitrogens with one attached hydrogen (secondary N) is 2. The summed E-state index contributed by atoms with van der Waals surface area (Å²) >= 11 is 1.15. The topological polar surface area (TPSA) is 67.4 Å². The molecule has 0 aliphatic heterocycles. The van der Waals surface area contributed by atoms with E-state index in [0.717, 1.165) is 22.5 Å². The van der Waals surface area contributed by atoms with Gasteiger partial charge in [0.1, 0.15) is 11.6 Å². The van der Waals surface area contributed by atoms with Gasteiger partial charge in [-0.25, -0.2) is 4.39 Å². The van der Waals surface area contributed by atoms with E-state index in [1.54, 1.807) is 25.1 Å². The number of hydrazine groups is 1.